The quantitative estimate of drug-likeness (QED) is 0.892. The zero-order valence-corrected chi connectivity index (χ0v) is 10.3. The lowest BCUT2D eigenvalue weighted by atomic mass is 10.1. The summed E-state index contributed by atoms with van der Waals surface area (Å²) in [4.78, 5) is 4.04. The van der Waals surface area contributed by atoms with Crippen molar-refractivity contribution >= 4 is 0 Å². The number of ether oxygens (including phenoxy) is 1. The number of nitrogens with two attached hydrogens (primary N) is 1. The fourth-order valence-corrected chi connectivity index (χ4v) is 1.58. The molecule has 0 saturated heterocycles. The van der Waals surface area contributed by atoms with Gasteiger partial charge in [0, 0.05) is 19.6 Å². The number of aromatic nitrogens is 2. The van der Waals surface area contributed by atoms with Crippen molar-refractivity contribution in [1.82, 2.24) is 10.1 Å². The molecule has 5 nitrogen and oxygen atoms in total. The summed E-state index contributed by atoms with van der Waals surface area (Å²) >= 11 is 0. The van der Waals surface area contributed by atoms with E-state index in [0.717, 1.165) is 6.07 Å². The second kappa shape index (κ2) is 5.85. The number of nitrogens with zero attached hydrogens (tertiary/aromatic N) is 2. The number of methoxy groups -OCH3 is 1. The molecule has 2 N–H and O–H groups in total. The lowest BCUT2D eigenvalue weighted by Gasteiger charge is -2.03. The molecule has 1 atom stereocenters. The first kappa shape index (κ1) is 13.6. The van der Waals surface area contributed by atoms with Gasteiger partial charge >= 0.3 is 0 Å². The van der Waals surface area contributed by atoms with Crippen LogP contribution in [0.5, 0.6) is 0 Å². The van der Waals surface area contributed by atoms with Crippen LogP contribution in [0.25, 0.3) is 0 Å². The van der Waals surface area contributed by atoms with Crippen molar-refractivity contribution in [2.45, 2.75) is 12.5 Å². The molecular formula is C12H13F2N3O2. The topological polar surface area (TPSA) is 74.2 Å². The Labute approximate surface area is 108 Å². The molecule has 0 spiro atoms. The zero-order valence-electron chi connectivity index (χ0n) is 10.3. The van der Waals surface area contributed by atoms with Crippen LogP contribution in [-0.4, -0.2) is 23.9 Å². The van der Waals surface area contributed by atoms with Crippen LogP contribution in [0.3, 0.4) is 0 Å². The van der Waals surface area contributed by atoms with Gasteiger partial charge in [0.05, 0.1) is 6.61 Å². The molecule has 0 fully saturated rings. The smallest absolute Gasteiger partial charge is 0.245 e. The predicted octanol–water partition coefficient (Wildman–Crippen LogP) is 1.58. The summed E-state index contributed by atoms with van der Waals surface area (Å²) in [6.45, 7) is 0.243. The van der Waals surface area contributed by atoms with Gasteiger partial charge in [-0.1, -0.05) is 11.2 Å². The number of hydrogen-bond acceptors (Lipinski definition) is 5. The third-order valence-electron chi connectivity index (χ3n) is 2.51. The van der Waals surface area contributed by atoms with E-state index in [2.05, 4.69) is 10.1 Å². The van der Waals surface area contributed by atoms with E-state index < -0.39 is 17.7 Å². The van der Waals surface area contributed by atoms with Gasteiger partial charge in [-0.2, -0.15) is 4.98 Å². The van der Waals surface area contributed by atoms with Gasteiger partial charge in [-0.3, -0.25) is 0 Å². The first-order chi connectivity index (χ1) is 9.10. The zero-order chi connectivity index (χ0) is 13.8. The van der Waals surface area contributed by atoms with Crippen molar-refractivity contribution in [2.75, 3.05) is 13.7 Å². The molecule has 2 rings (SSSR count). The maximum Gasteiger partial charge on any atom is 0.245 e. The van der Waals surface area contributed by atoms with E-state index in [0.29, 0.717) is 0 Å². The summed E-state index contributed by atoms with van der Waals surface area (Å²) in [5, 5.41) is 3.70. The SMILES string of the molecule is COCC(N)c1nc(Cc2ccc(F)cc2F)no1. The Bertz CT molecular complexity index is 560. The molecule has 102 valence electrons. The Morgan fingerprint density at radius 1 is 1.42 bits per heavy atom. The fraction of sp³-hybridized carbons (Fsp3) is 0.333. The number of hydrogen-bond donors (Lipinski definition) is 1. The van der Waals surface area contributed by atoms with E-state index in [-0.39, 0.29) is 30.3 Å². The summed E-state index contributed by atoms with van der Waals surface area (Å²) in [5.74, 6) is -0.767. The van der Waals surface area contributed by atoms with Gasteiger partial charge in [-0.25, -0.2) is 8.78 Å². The standard InChI is InChI=1S/C12H13F2N3O2/c1-18-6-10(15)12-16-11(17-19-12)4-7-2-3-8(13)5-9(7)14/h2-3,5,10H,4,6,15H2,1H3. The summed E-state index contributed by atoms with van der Waals surface area (Å²) in [5.41, 5.74) is 6.00. The monoisotopic (exact) mass is 269 g/mol. The maximum absolute atomic E-state index is 13.5. The minimum absolute atomic E-state index is 0.106. The summed E-state index contributed by atoms with van der Waals surface area (Å²) in [7, 11) is 1.50. The van der Waals surface area contributed by atoms with Crippen molar-refractivity contribution in [3.8, 4) is 0 Å². The lowest BCUT2D eigenvalue weighted by Crippen LogP contribution is -2.16. The normalized spacial score (nSPS) is 12.6. The van der Waals surface area contributed by atoms with E-state index >= 15 is 0 Å². The lowest BCUT2D eigenvalue weighted by molar-refractivity contribution is 0.166. The molecule has 0 amide bonds. The highest BCUT2D eigenvalue weighted by molar-refractivity contribution is 5.21. The third kappa shape index (κ3) is 3.33. The molecule has 0 saturated carbocycles. The Morgan fingerprint density at radius 3 is 2.89 bits per heavy atom. The van der Waals surface area contributed by atoms with E-state index in [1.807, 2.05) is 0 Å². The molecule has 19 heavy (non-hydrogen) atoms. The molecule has 1 aromatic carbocycles. The average Bonchev–Trinajstić information content (AvgIpc) is 2.82. The predicted molar refractivity (Wildman–Crippen MR) is 62.3 cm³/mol. The highest BCUT2D eigenvalue weighted by atomic mass is 19.1. The second-order valence-corrected chi connectivity index (χ2v) is 4.02. The van der Waals surface area contributed by atoms with Crippen LogP contribution in [0.1, 0.15) is 23.3 Å². The summed E-state index contributed by atoms with van der Waals surface area (Å²) < 4.78 is 36.0. The first-order valence-corrected chi connectivity index (χ1v) is 5.61. The molecule has 0 bridgehead atoms. The second-order valence-electron chi connectivity index (χ2n) is 4.02. The molecule has 1 heterocycles. The molecule has 1 unspecified atom stereocenters. The Morgan fingerprint density at radius 2 is 2.21 bits per heavy atom. The van der Waals surface area contributed by atoms with Gasteiger partial charge in [0.2, 0.25) is 5.89 Å². The maximum atomic E-state index is 13.5. The van der Waals surface area contributed by atoms with Crippen LogP contribution in [0, 0.1) is 11.6 Å². The van der Waals surface area contributed by atoms with Crippen LogP contribution in [0.4, 0.5) is 8.78 Å². The summed E-state index contributed by atoms with van der Waals surface area (Å²) in [6.07, 6.45) is 0.106. The molecule has 7 heteroatoms. The van der Waals surface area contributed by atoms with Crippen LogP contribution >= 0.6 is 0 Å². The molecule has 0 aliphatic carbocycles. The largest absolute Gasteiger partial charge is 0.383 e. The molecule has 1 aromatic heterocycles. The van der Waals surface area contributed by atoms with Gasteiger partial charge in [0.15, 0.2) is 5.82 Å². The van der Waals surface area contributed by atoms with Gasteiger partial charge in [0.25, 0.3) is 0 Å². The molecule has 0 aliphatic rings. The van der Waals surface area contributed by atoms with E-state index in [1.54, 1.807) is 0 Å². The number of benzene rings is 1. The van der Waals surface area contributed by atoms with Gasteiger partial charge in [0.1, 0.15) is 17.7 Å². The Balaban J connectivity index is 2.11. The van der Waals surface area contributed by atoms with Gasteiger partial charge in [-0.05, 0) is 11.6 Å². The first-order valence-electron chi connectivity index (χ1n) is 5.61. The van der Waals surface area contributed by atoms with Gasteiger partial charge in [-0.15, -0.1) is 0 Å². The van der Waals surface area contributed by atoms with Crippen molar-refractivity contribution in [1.29, 1.82) is 0 Å². The van der Waals surface area contributed by atoms with E-state index in [4.69, 9.17) is 15.0 Å². The van der Waals surface area contributed by atoms with Crippen molar-refractivity contribution < 1.29 is 18.0 Å². The molecule has 2 aromatic rings. The molecule has 0 aliphatic heterocycles. The van der Waals surface area contributed by atoms with Crippen LogP contribution in [-0.2, 0) is 11.2 Å². The van der Waals surface area contributed by atoms with Crippen molar-refractivity contribution in [3.05, 3.63) is 47.1 Å². The third-order valence-corrected chi connectivity index (χ3v) is 2.51. The molecular weight excluding hydrogens is 256 g/mol. The number of halogens is 2. The Kier molecular flexibility index (Phi) is 4.18. The molecule has 0 radical (unpaired) electrons. The van der Waals surface area contributed by atoms with Crippen LogP contribution < -0.4 is 5.73 Å². The highest BCUT2D eigenvalue weighted by Gasteiger charge is 2.15. The minimum atomic E-state index is -0.646. The van der Waals surface area contributed by atoms with Crippen LogP contribution in [0.15, 0.2) is 22.7 Å². The number of rotatable bonds is 5. The summed E-state index contributed by atoms with van der Waals surface area (Å²) in [6, 6.07) is 2.81. The fourth-order valence-electron chi connectivity index (χ4n) is 1.58. The average molecular weight is 269 g/mol. The van der Waals surface area contributed by atoms with Gasteiger partial charge < -0.3 is 15.0 Å². The highest BCUT2D eigenvalue weighted by Crippen LogP contribution is 2.14. The van der Waals surface area contributed by atoms with E-state index in [9.17, 15) is 8.78 Å². The van der Waals surface area contributed by atoms with Crippen molar-refractivity contribution in [2.24, 2.45) is 5.73 Å². The van der Waals surface area contributed by atoms with Crippen molar-refractivity contribution in [3.63, 3.8) is 0 Å². The minimum Gasteiger partial charge on any atom is -0.383 e. The van der Waals surface area contributed by atoms with Crippen LogP contribution in [0.2, 0.25) is 0 Å². The van der Waals surface area contributed by atoms with E-state index in [1.165, 1.54) is 19.2 Å². The Hall–Kier alpha value is -1.86.